The molecule has 2 heterocycles. The van der Waals surface area contributed by atoms with Gasteiger partial charge < -0.3 is 5.32 Å². The van der Waals surface area contributed by atoms with Crippen LogP contribution in [0.4, 0.5) is 5.13 Å². The van der Waals surface area contributed by atoms with Crippen molar-refractivity contribution in [1.29, 1.82) is 0 Å². The number of carbonyl (C=O) groups is 1. The van der Waals surface area contributed by atoms with E-state index in [0.29, 0.717) is 10.8 Å². The molecule has 2 aromatic heterocycles. The van der Waals surface area contributed by atoms with Crippen LogP contribution in [0.5, 0.6) is 0 Å². The van der Waals surface area contributed by atoms with E-state index < -0.39 is 0 Å². The van der Waals surface area contributed by atoms with Crippen LogP contribution < -0.4 is 5.32 Å². The lowest BCUT2D eigenvalue weighted by Crippen LogP contribution is -2.15. The van der Waals surface area contributed by atoms with Crippen LogP contribution in [0.2, 0.25) is 0 Å². The molecule has 0 radical (unpaired) electrons. The Morgan fingerprint density at radius 2 is 1.80 bits per heavy atom. The highest BCUT2D eigenvalue weighted by molar-refractivity contribution is 8.00. The number of benzene rings is 2. The average Bonchev–Trinajstić information content (AvgIpc) is 3.35. The highest BCUT2D eigenvalue weighted by Crippen LogP contribution is 2.28. The summed E-state index contributed by atoms with van der Waals surface area (Å²) in [6.07, 6.45) is 0.129. The lowest BCUT2D eigenvalue weighted by molar-refractivity contribution is -0.115. The molecule has 0 saturated carbocycles. The van der Waals surface area contributed by atoms with Gasteiger partial charge in [-0.25, -0.2) is 4.68 Å². The summed E-state index contributed by atoms with van der Waals surface area (Å²) in [5, 5.41) is 19.9. The number of hydrogen-bond acceptors (Lipinski definition) is 7. The third kappa shape index (κ3) is 4.92. The Labute approximate surface area is 182 Å². The van der Waals surface area contributed by atoms with E-state index in [9.17, 15) is 4.79 Å². The van der Waals surface area contributed by atoms with E-state index in [0.717, 1.165) is 21.5 Å². The highest BCUT2D eigenvalue weighted by Gasteiger charge is 2.15. The fourth-order valence-electron chi connectivity index (χ4n) is 2.81. The van der Waals surface area contributed by atoms with Gasteiger partial charge in [0, 0.05) is 5.75 Å². The van der Waals surface area contributed by atoms with Crippen molar-refractivity contribution in [3.8, 4) is 5.69 Å². The van der Waals surface area contributed by atoms with Gasteiger partial charge in [0.2, 0.25) is 11.0 Å². The molecule has 0 atom stereocenters. The Bertz CT molecular complexity index is 1140. The smallest absolute Gasteiger partial charge is 0.232 e. The predicted octanol–water partition coefficient (Wildman–Crippen LogP) is 4.21. The summed E-state index contributed by atoms with van der Waals surface area (Å²) in [7, 11) is 0. The number of rotatable bonds is 7. The van der Waals surface area contributed by atoms with Crippen LogP contribution in [-0.4, -0.2) is 31.1 Å². The van der Waals surface area contributed by atoms with Crippen molar-refractivity contribution < 1.29 is 4.79 Å². The number of aryl methyl sites for hydroxylation is 1. The second-order valence-electron chi connectivity index (χ2n) is 6.74. The fraction of sp³-hybridized carbons (Fsp3) is 0.190. The highest BCUT2D eigenvalue weighted by atomic mass is 32.2. The van der Waals surface area contributed by atoms with E-state index in [1.165, 1.54) is 22.5 Å². The van der Waals surface area contributed by atoms with Crippen molar-refractivity contribution in [2.24, 2.45) is 0 Å². The van der Waals surface area contributed by atoms with Crippen molar-refractivity contribution in [3.05, 3.63) is 77.1 Å². The summed E-state index contributed by atoms with van der Waals surface area (Å²) in [5.74, 6) is 0.620. The van der Waals surface area contributed by atoms with Crippen LogP contribution in [0.1, 0.15) is 22.5 Å². The van der Waals surface area contributed by atoms with Gasteiger partial charge in [0.25, 0.3) is 0 Å². The topological polar surface area (TPSA) is 85.6 Å². The first kappa shape index (κ1) is 20.2. The molecule has 4 rings (SSSR count). The quantitative estimate of drug-likeness (QED) is 0.345. The van der Waals surface area contributed by atoms with Gasteiger partial charge in [-0.2, -0.15) is 0 Å². The molecule has 1 amide bonds. The second kappa shape index (κ2) is 9.19. The molecule has 0 unspecified atom stereocenters. The molecule has 0 aliphatic rings. The summed E-state index contributed by atoms with van der Waals surface area (Å²) in [5.41, 5.74) is 4.79. The normalized spacial score (nSPS) is 10.9. The van der Waals surface area contributed by atoms with Gasteiger partial charge >= 0.3 is 0 Å². The van der Waals surface area contributed by atoms with Crippen molar-refractivity contribution in [2.45, 2.75) is 30.4 Å². The van der Waals surface area contributed by atoms with Crippen molar-refractivity contribution in [2.75, 3.05) is 5.32 Å². The number of amides is 1. The zero-order valence-electron chi connectivity index (χ0n) is 16.6. The Morgan fingerprint density at radius 1 is 1.03 bits per heavy atom. The van der Waals surface area contributed by atoms with Gasteiger partial charge in [0.1, 0.15) is 0 Å². The molecule has 0 spiro atoms. The first-order valence-corrected chi connectivity index (χ1v) is 11.2. The fourth-order valence-corrected chi connectivity index (χ4v) is 4.53. The zero-order valence-corrected chi connectivity index (χ0v) is 18.2. The van der Waals surface area contributed by atoms with Crippen molar-refractivity contribution in [1.82, 2.24) is 25.2 Å². The lowest BCUT2D eigenvalue weighted by Gasteiger charge is -2.04. The monoisotopic (exact) mass is 436 g/mol. The van der Waals surface area contributed by atoms with E-state index in [4.69, 9.17) is 0 Å². The Hall–Kier alpha value is -3.04. The zero-order chi connectivity index (χ0) is 20.9. The molecule has 0 fully saturated rings. The molecule has 0 aliphatic carbocycles. The molecular weight excluding hydrogens is 416 g/mol. The van der Waals surface area contributed by atoms with E-state index >= 15 is 0 Å². The Kier molecular flexibility index (Phi) is 6.20. The number of carbonyl (C=O) groups excluding carboxylic acids is 1. The van der Waals surface area contributed by atoms with E-state index in [-0.39, 0.29) is 12.3 Å². The van der Waals surface area contributed by atoms with Crippen LogP contribution in [-0.2, 0) is 17.0 Å². The molecule has 4 aromatic rings. The number of hydrogen-bond donors (Lipinski definition) is 1. The largest absolute Gasteiger partial charge is 0.300 e. The van der Waals surface area contributed by atoms with Crippen LogP contribution in [0.15, 0.2) is 58.9 Å². The number of thioether (sulfide) groups is 1. The third-order valence-corrected chi connectivity index (χ3v) is 6.50. The average molecular weight is 437 g/mol. The van der Waals surface area contributed by atoms with E-state index in [1.54, 1.807) is 16.4 Å². The first-order chi connectivity index (χ1) is 14.6. The molecule has 0 saturated heterocycles. The van der Waals surface area contributed by atoms with Crippen molar-refractivity contribution >= 4 is 34.1 Å². The molecule has 2 aromatic carbocycles. The van der Waals surface area contributed by atoms with Gasteiger partial charge in [-0.05, 0) is 31.5 Å². The second-order valence-corrected chi connectivity index (χ2v) is 8.94. The Morgan fingerprint density at radius 3 is 2.57 bits per heavy atom. The summed E-state index contributed by atoms with van der Waals surface area (Å²) >= 11 is 2.96. The molecular formula is C21H20N6OS2. The maximum Gasteiger partial charge on any atom is 0.232 e. The van der Waals surface area contributed by atoms with Crippen LogP contribution in [0.25, 0.3) is 5.69 Å². The maximum absolute atomic E-state index is 12.5. The molecule has 0 aliphatic heterocycles. The Balaban J connectivity index is 1.35. The first-order valence-electron chi connectivity index (χ1n) is 9.37. The minimum absolute atomic E-state index is 0.129. The summed E-state index contributed by atoms with van der Waals surface area (Å²) in [6.45, 7) is 3.94. The molecule has 30 heavy (non-hydrogen) atoms. The summed E-state index contributed by atoms with van der Waals surface area (Å²) in [6, 6.07) is 18.2. The van der Waals surface area contributed by atoms with Crippen LogP contribution in [0, 0.1) is 13.8 Å². The van der Waals surface area contributed by atoms with Crippen LogP contribution in [0.3, 0.4) is 0 Å². The molecule has 9 heteroatoms. The summed E-state index contributed by atoms with van der Waals surface area (Å²) in [4.78, 5) is 12.5. The van der Waals surface area contributed by atoms with Crippen LogP contribution >= 0.6 is 23.1 Å². The molecule has 7 nitrogen and oxygen atoms in total. The number of nitrogens with zero attached hydrogens (tertiary/aromatic N) is 5. The lowest BCUT2D eigenvalue weighted by atomic mass is 10.2. The van der Waals surface area contributed by atoms with Gasteiger partial charge in [-0.1, -0.05) is 76.3 Å². The molecule has 1 N–H and O–H groups in total. The number of nitrogens with one attached hydrogen (secondary N) is 1. The van der Waals surface area contributed by atoms with E-state index in [1.807, 2.05) is 56.3 Å². The standard InChI is InChI=1S/C21H20N6OS2/c1-14-8-10-17(11-9-14)27-15(2)18(23-26-27)12-19(28)22-20-24-25-21(30-20)29-13-16-6-4-3-5-7-16/h3-11H,12-13H2,1-2H3,(H,22,24,28). The predicted molar refractivity (Wildman–Crippen MR) is 119 cm³/mol. The SMILES string of the molecule is Cc1ccc(-n2nnc(CC(=O)Nc3nnc(SCc4ccccc4)s3)c2C)cc1. The van der Waals surface area contributed by atoms with E-state index in [2.05, 4.69) is 38.0 Å². The van der Waals surface area contributed by atoms with Gasteiger partial charge in [-0.3, -0.25) is 4.79 Å². The molecule has 0 bridgehead atoms. The minimum atomic E-state index is -0.190. The van der Waals surface area contributed by atoms with Crippen molar-refractivity contribution in [3.63, 3.8) is 0 Å². The third-order valence-electron chi connectivity index (χ3n) is 4.45. The summed E-state index contributed by atoms with van der Waals surface area (Å²) < 4.78 is 2.56. The van der Waals surface area contributed by atoms with Gasteiger partial charge in [0.15, 0.2) is 4.34 Å². The van der Waals surface area contributed by atoms with Gasteiger partial charge in [0.05, 0.1) is 23.5 Å². The molecule has 152 valence electrons. The maximum atomic E-state index is 12.5. The van der Waals surface area contributed by atoms with Gasteiger partial charge in [-0.15, -0.1) is 15.3 Å². The minimum Gasteiger partial charge on any atom is -0.300 e. The number of aromatic nitrogens is 5. The number of anilines is 1.